The minimum absolute atomic E-state index is 0.0677. The summed E-state index contributed by atoms with van der Waals surface area (Å²) in [6.07, 6.45) is 5.77. The van der Waals surface area contributed by atoms with Crippen molar-refractivity contribution >= 4 is 17.9 Å². The highest BCUT2D eigenvalue weighted by Gasteiger charge is 2.26. The van der Waals surface area contributed by atoms with Crippen molar-refractivity contribution in [2.24, 2.45) is 5.41 Å². The van der Waals surface area contributed by atoms with Gasteiger partial charge in [-0.25, -0.2) is 0 Å². The number of aliphatic hydroxyl groups is 1. The Labute approximate surface area is 162 Å². The van der Waals surface area contributed by atoms with Gasteiger partial charge >= 0.3 is 17.9 Å². The fourth-order valence-corrected chi connectivity index (χ4v) is 2.07. The second kappa shape index (κ2) is 15.4. The molecule has 0 bridgehead atoms. The zero-order valence-corrected chi connectivity index (χ0v) is 17.1. The molecule has 0 unspecified atom stereocenters. The first-order valence-corrected chi connectivity index (χ1v) is 9.92. The third-order valence-electron chi connectivity index (χ3n) is 4.34. The van der Waals surface area contributed by atoms with E-state index >= 15 is 0 Å². The minimum Gasteiger partial charge on any atom is -0.466 e. The minimum atomic E-state index is -0.521. The molecule has 0 aromatic rings. The number of esters is 3. The van der Waals surface area contributed by atoms with Gasteiger partial charge in [0.15, 0.2) is 0 Å². The van der Waals surface area contributed by atoms with Crippen LogP contribution in [0.15, 0.2) is 0 Å². The van der Waals surface area contributed by atoms with Crippen molar-refractivity contribution in [2.75, 3.05) is 26.4 Å². The average Bonchev–Trinajstić information content (AvgIpc) is 2.64. The fraction of sp³-hybridized carbons (Fsp3) is 0.850. The molecule has 158 valence electrons. The molecule has 0 fully saturated rings. The van der Waals surface area contributed by atoms with Gasteiger partial charge in [-0.1, -0.05) is 13.3 Å². The molecular formula is C20H36O7. The van der Waals surface area contributed by atoms with E-state index in [1.807, 2.05) is 20.8 Å². The first-order chi connectivity index (χ1) is 12.8. The molecule has 0 spiro atoms. The van der Waals surface area contributed by atoms with Crippen molar-refractivity contribution in [3.05, 3.63) is 0 Å². The molecule has 0 rings (SSSR count). The Balaban J connectivity index is 3.51. The quantitative estimate of drug-likeness (QED) is 0.246. The summed E-state index contributed by atoms with van der Waals surface area (Å²) in [5.41, 5.74) is -0.521. The van der Waals surface area contributed by atoms with Crippen LogP contribution >= 0.6 is 0 Å². The molecule has 0 amide bonds. The maximum absolute atomic E-state index is 11.7. The Kier molecular flexibility index (Phi) is 14.5. The summed E-state index contributed by atoms with van der Waals surface area (Å²) >= 11 is 0. The Bertz CT molecular complexity index is 432. The third kappa shape index (κ3) is 14.1. The lowest BCUT2D eigenvalue weighted by Gasteiger charge is -2.20. The topological polar surface area (TPSA) is 99.1 Å². The fourth-order valence-electron chi connectivity index (χ4n) is 2.07. The van der Waals surface area contributed by atoms with Gasteiger partial charge in [0.2, 0.25) is 0 Å². The standard InChI is InChI=1S/C20H36O7/c1-4-20(2,3)19(24)27-16-15-26-18(23)12-8-6-10-14-25-17(22)11-7-5-9-13-21/h21H,4-16H2,1-3H3. The van der Waals surface area contributed by atoms with E-state index in [0.717, 1.165) is 19.3 Å². The highest BCUT2D eigenvalue weighted by molar-refractivity contribution is 5.75. The second-order valence-electron chi connectivity index (χ2n) is 7.16. The third-order valence-corrected chi connectivity index (χ3v) is 4.34. The van der Waals surface area contributed by atoms with Crippen molar-refractivity contribution < 1.29 is 33.7 Å². The van der Waals surface area contributed by atoms with E-state index < -0.39 is 5.41 Å². The Hall–Kier alpha value is -1.63. The highest BCUT2D eigenvalue weighted by atomic mass is 16.6. The van der Waals surface area contributed by atoms with Gasteiger partial charge in [-0.05, 0) is 52.4 Å². The maximum atomic E-state index is 11.7. The molecule has 0 saturated heterocycles. The number of carbonyl (C=O) groups is 3. The highest BCUT2D eigenvalue weighted by Crippen LogP contribution is 2.21. The van der Waals surface area contributed by atoms with Crippen molar-refractivity contribution in [3.63, 3.8) is 0 Å². The van der Waals surface area contributed by atoms with Crippen molar-refractivity contribution in [3.8, 4) is 0 Å². The average molecular weight is 389 g/mol. The van der Waals surface area contributed by atoms with E-state index in [0.29, 0.717) is 45.1 Å². The summed E-state index contributed by atoms with van der Waals surface area (Å²) in [5, 5.41) is 8.65. The summed E-state index contributed by atoms with van der Waals surface area (Å²) in [4.78, 5) is 34.8. The van der Waals surface area contributed by atoms with E-state index in [1.54, 1.807) is 0 Å². The number of unbranched alkanes of at least 4 members (excludes halogenated alkanes) is 4. The SMILES string of the molecule is CCC(C)(C)C(=O)OCCOC(=O)CCCCCOC(=O)CCCCCO. The molecule has 0 aliphatic carbocycles. The van der Waals surface area contributed by atoms with Crippen LogP contribution in [0.2, 0.25) is 0 Å². The monoisotopic (exact) mass is 388 g/mol. The van der Waals surface area contributed by atoms with Crippen molar-refractivity contribution in [1.82, 2.24) is 0 Å². The van der Waals surface area contributed by atoms with Crippen LogP contribution in [-0.4, -0.2) is 49.4 Å². The number of carbonyl (C=O) groups excluding carboxylic acids is 3. The number of hydrogen-bond acceptors (Lipinski definition) is 7. The van der Waals surface area contributed by atoms with Crippen molar-refractivity contribution in [1.29, 1.82) is 0 Å². The summed E-state index contributed by atoms with van der Waals surface area (Å²) in [6, 6.07) is 0. The van der Waals surface area contributed by atoms with Gasteiger partial charge < -0.3 is 19.3 Å². The van der Waals surface area contributed by atoms with Gasteiger partial charge in [-0.3, -0.25) is 14.4 Å². The molecular weight excluding hydrogens is 352 g/mol. The predicted octanol–water partition coefficient (Wildman–Crippen LogP) is 3.17. The molecule has 0 aromatic carbocycles. The summed E-state index contributed by atoms with van der Waals surface area (Å²) < 4.78 is 15.2. The van der Waals surface area contributed by atoms with Crippen LogP contribution in [0.3, 0.4) is 0 Å². The summed E-state index contributed by atoms with van der Waals surface area (Å²) in [7, 11) is 0. The zero-order valence-electron chi connectivity index (χ0n) is 17.1. The predicted molar refractivity (Wildman–Crippen MR) is 101 cm³/mol. The Morgan fingerprint density at radius 1 is 0.741 bits per heavy atom. The molecule has 1 N–H and O–H groups in total. The van der Waals surface area contributed by atoms with E-state index in [1.165, 1.54) is 0 Å². The molecule has 0 aliphatic rings. The summed E-state index contributed by atoms with van der Waals surface area (Å²) in [5.74, 6) is -0.821. The van der Waals surface area contributed by atoms with E-state index in [2.05, 4.69) is 0 Å². The van der Waals surface area contributed by atoms with Gasteiger partial charge in [-0.15, -0.1) is 0 Å². The van der Waals surface area contributed by atoms with E-state index in [9.17, 15) is 14.4 Å². The number of aliphatic hydroxyl groups excluding tert-OH is 1. The van der Waals surface area contributed by atoms with Crippen LogP contribution in [-0.2, 0) is 28.6 Å². The van der Waals surface area contributed by atoms with Gasteiger partial charge in [0, 0.05) is 19.4 Å². The lowest BCUT2D eigenvalue weighted by atomic mass is 9.91. The first-order valence-electron chi connectivity index (χ1n) is 9.92. The molecule has 0 heterocycles. The van der Waals surface area contributed by atoms with Crippen LogP contribution in [0.4, 0.5) is 0 Å². The molecule has 0 atom stereocenters. The largest absolute Gasteiger partial charge is 0.466 e. The number of rotatable bonds is 16. The van der Waals surface area contributed by atoms with Crippen LogP contribution in [0.5, 0.6) is 0 Å². The molecule has 0 aliphatic heterocycles. The number of hydrogen-bond donors (Lipinski definition) is 1. The Morgan fingerprint density at radius 2 is 1.26 bits per heavy atom. The molecule has 0 aromatic heterocycles. The number of ether oxygens (including phenoxy) is 3. The molecule has 7 heteroatoms. The zero-order chi connectivity index (χ0) is 20.5. The summed E-state index contributed by atoms with van der Waals surface area (Å²) in [6.45, 7) is 6.20. The normalized spacial score (nSPS) is 11.1. The molecule has 0 radical (unpaired) electrons. The lowest BCUT2D eigenvalue weighted by molar-refractivity contribution is -0.159. The van der Waals surface area contributed by atoms with Crippen LogP contribution in [0.25, 0.3) is 0 Å². The van der Waals surface area contributed by atoms with E-state index in [4.69, 9.17) is 19.3 Å². The second-order valence-corrected chi connectivity index (χ2v) is 7.16. The molecule has 0 saturated carbocycles. The van der Waals surface area contributed by atoms with E-state index in [-0.39, 0.29) is 37.7 Å². The van der Waals surface area contributed by atoms with Crippen LogP contribution in [0.1, 0.15) is 78.6 Å². The molecule has 27 heavy (non-hydrogen) atoms. The first kappa shape index (κ1) is 25.4. The Morgan fingerprint density at radius 3 is 1.81 bits per heavy atom. The maximum Gasteiger partial charge on any atom is 0.311 e. The van der Waals surface area contributed by atoms with Crippen LogP contribution in [0, 0.1) is 5.41 Å². The van der Waals surface area contributed by atoms with Crippen molar-refractivity contribution in [2.45, 2.75) is 78.6 Å². The van der Waals surface area contributed by atoms with Crippen LogP contribution < -0.4 is 0 Å². The van der Waals surface area contributed by atoms with Gasteiger partial charge in [-0.2, -0.15) is 0 Å². The smallest absolute Gasteiger partial charge is 0.311 e. The van der Waals surface area contributed by atoms with Gasteiger partial charge in [0.1, 0.15) is 13.2 Å². The van der Waals surface area contributed by atoms with Gasteiger partial charge in [0.25, 0.3) is 0 Å². The van der Waals surface area contributed by atoms with Gasteiger partial charge in [0.05, 0.1) is 12.0 Å². The molecule has 7 nitrogen and oxygen atoms in total. The lowest BCUT2D eigenvalue weighted by Crippen LogP contribution is -2.27.